The molecule has 23 heavy (non-hydrogen) atoms. The van der Waals surface area contributed by atoms with E-state index in [9.17, 15) is 13.2 Å². The van der Waals surface area contributed by atoms with Gasteiger partial charge in [0.25, 0.3) is 0 Å². The van der Waals surface area contributed by atoms with Gasteiger partial charge in [-0.15, -0.1) is 0 Å². The van der Waals surface area contributed by atoms with Gasteiger partial charge in [-0.2, -0.15) is 13.2 Å². The first-order chi connectivity index (χ1) is 10.9. The van der Waals surface area contributed by atoms with Crippen molar-refractivity contribution < 1.29 is 13.2 Å². The Balaban J connectivity index is 2.04. The van der Waals surface area contributed by atoms with Crippen LogP contribution >= 0.6 is 22.6 Å². The number of hydrogen-bond acceptors (Lipinski definition) is 3. The highest BCUT2D eigenvalue weighted by atomic mass is 127. The lowest BCUT2D eigenvalue weighted by Gasteiger charge is -2.12. The maximum Gasteiger partial charge on any atom is 0.416 e. The lowest BCUT2D eigenvalue weighted by atomic mass is 10.1. The van der Waals surface area contributed by atoms with Crippen LogP contribution in [0.2, 0.25) is 0 Å². The summed E-state index contributed by atoms with van der Waals surface area (Å²) in [7, 11) is 0. The highest BCUT2D eigenvalue weighted by Gasteiger charge is 2.30. The molecule has 3 aromatic rings. The van der Waals surface area contributed by atoms with Crippen LogP contribution in [0.25, 0.3) is 10.9 Å². The summed E-state index contributed by atoms with van der Waals surface area (Å²) >= 11 is 2.20. The minimum absolute atomic E-state index is 0.329. The largest absolute Gasteiger partial charge is 0.416 e. The molecule has 0 atom stereocenters. The number of rotatable bonds is 2. The van der Waals surface area contributed by atoms with Crippen LogP contribution in [0.15, 0.2) is 42.7 Å². The molecule has 0 fully saturated rings. The third-order valence-corrected chi connectivity index (χ3v) is 4.75. The van der Waals surface area contributed by atoms with Gasteiger partial charge in [-0.05, 0) is 59.3 Å². The average molecular weight is 429 g/mol. The first-order valence-corrected chi connectivity index (χ1v) is 7.78. The van der Waals surface area contributed by atoms with Gasteiger partial charge in [0.05, 0.1) is 11.1 Å². The summed E-state index contributed by atoms with van der Waals surface area (Å²) in [6, 6.07) is 8.83. The van der Waals surface area contributed by atoms with E-state index < -0.39 is 11.7 Å². The number of alkyl halides is 3. The first kappa shape index (κ1) is 16.0. The van der Waals surface area contributed by atoms with Gasteiger partial charge in [-0.1, -0.05) is 12.1 Å². The second-order valence-corrected chi connectivity index (χ2v) is 6.10. The molecule has 3 nitrogen and oxygen atoms in total. The van der Waals surface area contributed by atoms with E-state index in [-0.39, 0.29) is 0 Å². The Hall–Kier alpha value is -1.90. The Morgan fingerprint density at radius 3 is 2.61 bits per heavy atom. The summed E-state index contributed by atoms with van der Waals surface area (Å²) in [4.78, 5) is 8.42. The SMILES string of the molecule is Cc1ccc2c(Nc3cccc(C(F)(F)F)c3)ncnc2c1I. The molecule has 0 aliphatic rings. The molecule has 0 saturated heterocycles. The Kier molecular flexibility index (Phi) is 4.13. The zero-order chi connectivity index (χ0) is 16.6. The summed E-state index contributed by atoms with van der Waals surface area (Å²) in [5.41, 5.74) is 1.48. The van der Waals surface area contributed by atoms with E-state index in [0.29, 0.717) is 11.5 Å². The molecule has 0 amide bonds. The van der Waals surface area contributed by atoms with Crippen LogP contribution in [0, 0.1) is 10.5 Å². The second kappa shape index (κ2) is 5.95. The number of benzene rings is 2. The number of fused-ring (bicyclic) bond motifs is 1. The van der Waals surface area contributed by atoms with E-state index in [4.69, 9.17) is 0 Å². The molecule has 118 valence electrons. The normalized spacial score (nSPS) is 11.7. The summed E-state index contributed by atoms with van der Waals surface area (Å²) < 4.78 is 39.4. The summed E-state index contributed by atoms with van der Waals surface area (Å²) in [6.07, 6.45) is -2.97. The zero-order valence-electron chi connectivity index (χ0n) is 11.9. The Bertz CT molecular complexity index is 878. The minimum Gasteiger partial charge on any atom is -0.340 e. The van der Waals surface area contributed by atoms with Crippen LogP contribution < -0.4 is 5.32 Å². The monoisotopic (exact) mass is 429 g/mol. The Morgan fingerprint density at radius 2 is 1.87 bits per heavy atom. The molecule has 0 unspecified atom stereocenters. The Morgan fingerprint density at radius 1 is 1.09 bits per heavy atom. The molecule has 7 heteroatoms. The number of nitrogens with one attached hydrogen (secondary N) is 1. The van der Waals surface area contributed by atoms with E-state index in [1.807, 2.05) is 19.1 Å². The summed E-state index contributed by atoms with van der Waals surface area (Å²) in [5, 5.41) is 3.72. The molecular weight excluding hydrogens is 418 g/mol. The number of anilines is 2. The number of aromatic nitrogens is 2. The van der Waals surface area contributed by atoms with Crippen molar-refractivity contribution in [2.45, 2.75) is 13.1 Å². The molecule has 2 aromatic carbocycles. The molecule has 1 aromatic heterocycles. The van der Waals surface area contributed by atoms with Gasteiger partial charge < -0.3 is 5.32 Å². The molecule has 0 aliphatic carbocycles. The molecular formula is C16H11F3IN3. The Labute approximate surface area is 144 Å². The molecule has 0 spiro atoms. The number of aryl methyl sites for hydroxylation is 1. The van der Waals surface area contributed by atoms with Gasteiger partial charge in [0.15, 0.2) is 0 Å². The maximum absolute atomic E-state index is 12.8. The van der Waals surface area contributed by atoms with Crippen molar-refractivity contribution >= 4 is 45.0 Å². The fourth-order valence-corrected chi connectivity index (χ4v) is 2.82. The van der Waals surface area contributed by atoms with Crippen molar-refractivity contribution in [3.05, 3.63) is 57.4 Å². The van der Waals surface area contributed by atoms with Gasteiger partial charge in [-0.25, -0.2) is 9.97 Å². The smallest absolute Gasteiger partial charge is 0.340 e. The molecule has 0 saturated carbocycles. The van der Waals surface area contributed by atoms with E-state index in [0.717, 1.165) is 32.2 Å². The fourth-order valence-electron chi connectivity index (χ4n) is 2.21. The maximum atomic E-state index is 12.8. The lowest BCUT2D eigenvalue weighted by molar-refractivity contribution is -0.137. The van der Waals surface area contributed by atoms with Crippen LogP contribution in [0.3, 0.4) is 0 Å². The molecule has 1 heterocycles. The summed E-state index contributed by atoms with van der Waals surface area (Å²) in [6.45, 7) is 1.98. The quantitative estimate of drug-likeness (QED) is 0.562. The van der Waals surface area contributed by atoms with Gasteiger partial charge in [0, 0.05) is 14.6 Å². The number of halogens is 4. The van der Waals surface area contributed by atoms with Crippen LogP contribution in [0.5, 0.6) is 0 Å². The average Bonchev–Trinajstić information content (AvgIpc) is 2.51. The van der Waals surface area contributed by atoms with Gasteiger partial charge in [0.1, 0.15) is 12.1 Å². The van der Waals surface area contributed by atoms with Crippen molar-refractivity contribution in [1.29, 1.82) is 0 Å². The third-order valence-electron chi connectivity index (χ3n) is 3.39. The van der Waals surface area contributed by atoms with Crippen LogP contribution in [-0.2, 0) is 6.18 Å². The van der Waals surface area contributed by atoms with E-state index in [1.165, 1.54) is 12.4 Å². The first-order valence-electron chi connectivity index (χ1n) is 6.70. The molecule has 0 bridgehead atoms. The van der Waals surface area contributed by atoms with Crippen LogP contribution in [0.4, 0.5) is 24.7 Å². The third kappa shape index (κ3) is 3.24. The lowest BCUT2D eigenvalue weighted by Crippen LogP contribution is -2.05. The number of hydrogen-bond donors (Lipinski definition) is 1. The van der Waals surface area contributed by atoms with E-state index in [2.05, 4.69) is 37.9 Å². The van der Waals surface area contributed by atoms with Crippen molar-refractivity contribution in [1.82, 2.24) is 9.97 Å². The van der Waals surface area contributed by atoms with Crippen molar-refractivity contribution in [3.8, 4) is 0 Å². The van der Waals surface area contributed by atoms with Gasteiger partial charge >= 0.3 is 6.18 Å². The topological polar surface area (TPSA) is 37.8 Å². The summed E-state index contributed by atoms with van der Waals surface area (Å²) in [5.74, 6) is 0.479. The predicted octanol–water partition coefficient (Wildman–Crippen LogP) is 5.31. The van der Waals surface area contributed by atoms with E-state index >= 15 is 0 Å². The highest BCUT2D eigenvalue weighted by Crippen LogP contribution is 2.32. The van der Waals surface area contributed by atoms with Crippen LogP contribution in [0.1, 0.15) is 11.1 Å². The van der Waals surface area contributed by atoms with Gasteiger partial charge in [0.2, 0.25) is 0 Å². The second-order valence-electron chi connectivity index (χ2n) is 5.02. The van der Waals surface area contributed by atoms with E-state index in [1.54, 1.807) is 6.07 Å². The molecule has 0 radical (unpaired) electrons. The molecule has 0 aliphatic heterocycles. The van der Waals surface area contributed by atoms with Crippen molar-refractivity contribution in [3.63, 3.8) is 0 Å². The van der Waals surface area contributed by atoms with Crippen LogP contribution in [-0.4, -0.2) is 9.97 Å². The molecule has 3 rings (SSSR count). The fraction of sp³-hybridized carbons (Fsp3) is 0.125. The highest BCUT2D eigenvalue weighted by molar-refractivity contribution is 14.1. The van der Waals surface area contributed by atoms with Gasteiger partial charge in [-0.3, -0.25) is 0 Å². The van der Waals surface area contributed by atoms with Crippen molar-refractivity contribution in [2.75, 3.05) is 5.32 Å². The minimum atomic E-state index is -4.38. The van der Waals surface area contributed by atoms with Crippen molar-refractivity contribution in [2.24, 2.45) is 0 Å². The zero-order valence-corrected chi connectivity index (χ0v) is 14.1. The molecule has 1 N–H and O–H groups in total. The number of nitrogens with zero attached hydrogens (tertiary/aromatic N) is 2. The predicted molar refractivity (Wildman–Crippen MR) is 91.7 cm³/mol. The standard InChI is InChI=1S/C16H11F3IN3/c1-9-5-6-12-14(13(9)20)21-8-22-15(12)23-11-4-2-3-10(7-11)16(17,18)19/h2-8H,1H3,(H,21,22,23).